The van der Waals surface area contributed by atoms with Crippen LogP contribution >= 0.6 is 0 Å². The zero-order chi connectivity index (χ0) is 7.23. The molecule has 0 atom stereocenters. The first-order valence-corrected chi connectivity index (χ1v) is 3.50. The van der Waals surface area contributed by atoms with Crippen molar-refractivity contribution in [3.63, 3.8) is 0 Å². The zero-order valence-electron chi connectivity index (χ0n) is 6.67. The van der Waals surface area contributed by atoms with Crippen LogP contribution in [0.5, 0.6) is 0 Å². The molecule has 0 N–H and O–H groups in total. The summed E-state index contributed by atoms with van der Waals surface area (Å²) in [5, 5.41) is 0. The standard InChI is InChI=1S/C10H11.Ti/c1-2-3-4-7-10-8-5-6-9-10;/h2-6,8H,9H2,1H3;/q-1;. The average molecular weight is 179 g/mol. The van der Waals surface area contributed by atoms with Crippen molar-refractivity contribution in [3.05, 3.63) is 48.1 Å². The summed E-state index contributed by atoms with van der Waals surface area (Å²) in [7, 11) is 0. The average Bonchev–Trinajstić information content (AvgIpc) is 2.41. The first-order valence-electron chi connectivity index (χ1n) is 3.50. The molecule has 1 aliphatic carbocycles. The van der Waals surface area contributed by atoms with Gasteiger partial charge in [-0.05, 0) is 6.42 Å². The van der Waals surface area contributed by atoms with Gasteiger partial charge >= 0.3 is 0 Å². The molecule has 0 amide bonds. The maximum atomic E-state index is 3.17. The maximum Gasteiger partial charge on any atom is 0 e. The summed E-state index contributed by atoms with van der Waals surface area (Å²) in [5.74, 6) is 0. The van der Waals surface area contributed by atoms with E-state index in [0.29, 0.717) is 0 Å². The van der Waals surface area contributed by atoms with Crippen molar-refractivity contribution in [1.82, 2.24) is 0 Å². The fourth-order valence-electron chi connectivity index (χ4n) is 0.806. The molecule has 11 heavy (non-hydrogen) atoms. The van der Waals surface area contributed by atoms with Crippen molar-refractivity contribution >= 4 is 0 Å². The van der Waals surface area contributed by atoms with Gasteiger partial charge in [-0.25, -0.2) is 0 Å². The quantitative estimate of drug-likeness (QED) is 0.347. The van der Waals surface area contributed by atoms with Crippen LogP contribution in [0.4, 0.5) is 0 Å². The van der Waals surface area contributed by atoms with Crippen molar-refractivity contribution in [2.45, 2.75) is 13.3 Å². The molecule has 0 saturated heterocycles. The number of allylic oxidation sites excluding steroid dienone is 8. The Morgan fingerprint density at radius 2 is 2.36 bits per heavy atom. The van der Waals surface area contributed by atoms with Crippen LogP contribution in [-0.2, 0) is 21.7 Å². The van der Waals surface area contributed by atoms with Crippen LogP contribution in [0, 0.1) is 6.08 Å². The van der Waals surface area contributed by atoms with Gasteiger partial charge in [-0.3, -0.25) is 0 Å². The van der Waals surface area contributed by atoms with Crippen LogP contribution in [0.2, 0.25) is 0 Å². The van der Waals surface area contributed by atoms with Crippen LogP contribution in [0.3, 0.4) is 0 Å². The summed E-state index contributed by atoms with van der Waals surface area (Å²) >= 11 is 0. The Labute approximate surface area is 83.3 Å². The van der Waals surface area contributed by atoms with Gasteiger partial charge in [-0.15, -0.1) is 12.2 Å². The largest absolute Gasteiger partial charge is 0.180 e. The maximum absolute atomic E-state index is 3.17. The summed E-state index contributed by atoms with van der Waals surface area (Å²) < 4.78 is 0. The Morgan fingerprint density at radius 1 is 1.55 bits per heavy atom. The van der Waals surface area contributed by atoms with E-state index in [1.165, 1.54) is 5.57 Å². The predicted octanol–water partition coefficient (Wildman–Crippen LogP) is 2.81. The van der Waals surface area contributed by atoms with E-state index in [2.05, 4.69) is 24.3 Å². The molecule has 0 heterocycles. The molecule has 1 heteroatoms. The van der Waals surface area contributed by atoms with E-state index in [-0.39, 0.29) is 21.7 Å². The van der Waals surface area contributed by atoms with Gasteiger partial charge in [0, 0.05) is 21.7 Å². The van der Waals surface area contributed by atoms with Crippen LogP contribution in [0.1, 0.15) is 13.3 Å². The summed E-state index contributed by atoms with van der Waals surface area (Å²) in [4.78, 5) is 0. The Balaban J connectivity index is 0.000001000. The van der Waals surface area contributed by atoms with Crippen molar-refractivity contribution in [2.75, 3.05) is 0 Å². The van der Waals surface area contributed by atoms with E-state index >= 15 is 0 Å². The molecule has 0 fully saturated rings. The third kappa shape index (κ3) is 4.18. The van der Waals surface area contributed by atoms with E-state index < -0.39 is 0 Å². The van der Waals surface area contributed by atoms with E-state index in [1.54, 1.807) is 0 Å². The third-order valence-electron chi connectivity index (χ3n) is 1.33. The summed E-state index contributed by atoms with van der Waals surface area (Å²) in [6.45, 7) is 2.00. The topological polar surface area (TPSA) is 0 Å². The molecule has 0 unspecified atom stereocenters. The molecule has 1 rings (SSSR count). The molecular formula is C10H11Ti-. The second kappa shape index (κ2) is 6.39. The molecule has 0 aromatic rings. The van der Waals surface area contributed by atoms with Gasteiger partial charge in [0.25, 0.3) is 0 Å². The zero-order valence-corrected chi connectivity index (χ0v) is 8.23. The molecule has 0 aromatic carbocycles. The SMILES string of the molecule is CC=CC=[C-]C1=CC=CC1.[Ti]. The second-order valence-corrected chi connectivity index (χ2v) is 2.16. The summed E-state index contributed by atoms with van der Waals surface area (Å²) in [6.07, 6.45) is 16.4. The van der Waals surface area contributed by atoms with Gasteiger partial charge in [0.15, 0.2) is 0 Å². The van der Waals surface area contributed by atoms with E-state index in [4.69, 9.17) is 0 Å². The Kier molecular flexibility index (Phi) is 6.20. The molecule has 0 spiro atoms. The van der Waals surface area contributed by atoms with Crippen LogP contribution in [-0.4, -0.2) is 0 Å². The van der Waals surface area contributed by atoms with Gasteiger partial charge in [-0.1, -0.05) is 13.0 Å². The molecule has 0 saturated carbocycles. The van der Waals surface area contributed by atoms with Crippen molar-refractivity contribution < 1.29 is 21.7 Å². The molecule has 0 aliphatic heterocycles. The van der Waals surface area contributed by atoms with Crippen molar-refractivity contribution in [2.24, 2.45) is 0 Å². The van der Waals surface area contributed by atoms with Crippen molar-refractivity contribution in [3.8, 4) is 0 Å². The van der Waals surface area contributed by atoms with Gasteiger partial charge in [0.2, 0.25) is 0 Å². The van der Waals surface area contributed by atoms with Gasteiger partial charge in [0.1, 0.15) is 0 Å². The molecule has 56 valence electrons. The Bertz CT molecular complexity index is 207. The van der Waals surface area contributed by atoms with Crippen molar-refractivity contribution in [1.29, 1.82) is 0 Å². The van der Waals surface area contributed by atoms with Crippen LogP contribution in [0.15, 0.2) is 42.0 Å². The Morgan fingerprint density at radius 3 is 2.91 bits per heavy atom. The molecule has 0 aromatic heterocycles. The minimum Gasteiger partial charge on any atom is -0.180 e. The molecule has 0 nitrogen and oxygen atoms in total. The van der Waals surface area contributed by atoms with Crippen LogP contribution in [0.25, 0.3) is 0 Å². The van der Waals surface area contributed by atoms with E-state index in [1.807, 2.05) is 25.2 Å². The fraction of sp³-hybridized carbons (Fsp3) is 0.200. The molecule has 0 radical (unpaired) electrons. The number of hydrogen-bond acceptors (Lipinski definition) is 0. The molecular weight excluding hydrogens is 168 g/mol. The third-order valence-corrected chi connectivity index (χ3v) is 1.33. The predicted molar refractivity (Wildman–Crippen MR) is 44.5 cm³/mol. The normalized spacial score (nSPS) is 15.9. The summed E-state index contributed by atoms with van der Waals surface area (Å²) in [6, 6.07) is 0. The first kappa shape index (κ1) is 10.7. The Hall–Kier alpha value is -0.326. The summed E-state index contributed by atoms with van der Waals surface area (Å²) in [5.41, 5.74) is 1.26. The molecule has 0 bridgehead atoms. The monoisotopic (exact) mass is 179 g/mol. The second-order valence-electron chi connectivity index (χ2n) is 2.16. The minimum absolute atomic E-state index is 0. The van der Waals surface area contributed by atoms with E-state index in [9.17, 15) is 0 Å². The van der Waals surface area contributed by atoms with Crippen LogP contribution < -0.4 is 0 Å². The fourth-order valence-corrected chi connectivity index (χ4v) is 0.806. The molecule has 1 aliphatic rings. The van der Waals surface area contributed by atoms with E-state index in [0.717, 1.165) is 6.42 Å². The smallest absolute Gasteiger partial charge is 0 e. The van der Waals surface area contributed by atoms with Gasteiger partial charge in [0.05, 0.1) is 0 Å². The number of rotatable bonds is 2. The number of hydrogen-bond donors (Lipinski definition) is 0. The first-order chi connectivity index (χ1) is 4.93. The minimum atomic E-state index is 0. The van der Waals surface area contributed by atoms with Gasteiger partial charge in [-0.2, -0.15) is 29.9 Å². The van der Waals surface area contributed by atoms with Gasteiger partial charge < -0.3 is 0 Å².